The Morgan fingerprint density at radius 1 is 1.47 bits per heavy atom. The average molecular weight is 206 g/mol. The lowest BCUT2D eigenvalue weighted by Crippen LogP contribution is -2.03. The molecule has 2 aromatic rings. The molecule has 1 aromatic carbocycles. The normalized spacial score (nSPS) is 13.7. The van der Waals surface area contributed by atoms with E-state index < -0.39 is 7.04 Å². The Hall–Kier alpha value is -2.17. The number of aromatic nitrogens is 3. The summed E-state index contributed by atoms with van der Waals surface area (Å²) in [6, 6.07) is 4.26. The molecular formula is C10H9N3O2. The predicted molar refractivity (Wildman–Crippen MR) is 53.3 cm³/mol. The molecule has 0 N–H and O–H groups in total. The molecule has 0 bridgehead atoms. The van der Waals surface area contributed by atoms with Crippen LogP contribution in [-0.4, -0.2) is 28.3 Å². The number of ether oxygens (including phenoxy) is 1. The van der Waals surface area contributed by atoms with Crippen LogP contribution in [0.1, 0.15) is 14.5 Å². The van der Waals surface area contributed by atoms with E-state index in [4.69, 9.17) is 8.85 Å². The number of carbonyl (C=O) groups is 1. The van der Waals surface area contributed by atoms with Gasteiger partial charge in [0.2, 0.25) is 0 Å². The molecule has 2 rings (SSSR count). The van der Waals surface area contributed by atoms with Gasteiger partial charge in [0, 0.05) is 11.6 Å². The zero-order valence-electron chi connectivity index (χ0n) is 10.6. The van der Waals surface area contributed by atoms with Gasteiger partial charge in [-0.3, -0.25) is 4.79 Å². The van der Waals surface area contributed by atoms with E-state index in [1.807, 2.05) is 0 Å². The van der Waals surface area contributed by atoms with Gasteiger partial charge in [0.05, 0.1) is 29.2 Å². The van der Waals surface area contributed by atoms with Crippen LogP contribution in [0.25, 0.3) is 5.69 Å². The topological polar surface area (TPSA) is 57.0 Å². The van der Waals surface area contributed by atoms with Crippen LogP contribution in [0.15, 0.2) is 30.6 Å². The van der Waals surface area contributed by atoms with Gasteiger partial charge in [-0.05, 0) is 12.1 Å². The fourth-order valence-corrected chi connectivity index (χ4v) is 1.20. The second-order valence-corrected chi connectivity index (χ2v) is 2.76. The van der Waals surface area contributed by atoms with Crippen molar-refractivity contribution >= 4 is 6.29 Å². The van der Waals surface area contributed by atoms with E-state index in [9.17, 15) is 4.79 Å². The number of hydrogen-bond donors (Lipinski definition) is 0. The second kappa shape index (κ2) is 3.91. The number of hydrogen-bond acceptors (Lipinski definition) is 4. The monoisotopic (exact) mass is 206 g/mol. The molecule has 0 spiro atoms. The molecule has 5 nitrogen and oxygen atoms in total. The third kappa shape index (κ3) is 1.71. The van der Waals surface area contributed by atoms with Crippen LogP contribution in [0, 0.1) is 0 Å². The predicted octanol–water partition coefficient (Wildman–Crippen LogP) is 1.09. The van der Waals surface area contributed by atoms with Gasteiger partial charge in [-0.2, -0.15) is 15.0 Å². The van der Waals surface area contributed by atoms with Crippen molar-refractivity contribution in [3.05, 3.63) is 36.2 Å². The first kappa shape index (κ1) is 6.34. The zero-order chi connectivity index (χ0) is 13.2. The Balaban J connectivity index is 2.43. The first-order valence-corrected chi connectivity index (χ1v) is 4.14. The van der Waals surface area contributed by atoms with Gasteiger partial charge in [-0.1, -0.05) is 0 Å². The summed E-state index contributed by atoms with van der Waals surface area (Å²) in [5.41, 5.74) is 0.695. The summed E-state index contributed by atoms with van der Waals surface area (Å²) in [6.07, 6.45) is 3.54. The van der Waals surface area contributed by atoms with Gasteiger partial charge in [0.15, 0.2) is 6.29 Å². The van der Waals surface area contributed by atoms with E-state index in [2.05, 4.69) is 10.2 Å². The minimum Gasteiger partial charge on any atom is -0.497 e. The third-order valence-corrected chi connectivity index (χ3v) is 1.88. The molecule has 0 radical (unpaired) electrons. The van der Waals surface area contributed by atoms with Crippen molar-refractivity contribution in [3.8, 4) is 11.4 Å². The summed E-state index contributed by atoms with van der Waals surface area (Å²) >= 11 is 0. The van der Waals surface area contributed by atoms with Gasteiger partial charge < -0.3 is 4.74 Å². The van der Waals surface area contributed by atoms with E-state index in [-0.39, 0.29) is 5.75 Å². The summed E-state index contributed by atoms with van der Waals surface area (Å²) in [5, 5.41) is 7.77. The van der Waals surface area contributed by atoms with E-state index in [0.29, 0.717) is 17.5 Å². The molecule has 0 saturated heterocycles. The van der Waals surface area contributed by atoms with Crippen LogP contribution in [0.3, 0.4) is 0 Å². The molecule has 15 heavy (non-hydrogen) atoms. The second-order valence-electron chi connectivity index (χ2n) is 2.76. The minimum atomic E-state index is -2.54. The number of methoxy groups -OCH3 is 1. The lowest BCUT2D eigenvalue weighted by atomic mass is 10.2. The highest BCUT2D eigenvalue weighted by Gasteiger charge is 2.06. The maximum Gasteiger partial charge on any atom is 0.152 e. The summed E-state index contributed by atoms with van der Waals surface area (Å²) in [5.74, 6) is 0.118. The van der Waals surface area contributed by atoms with Crippen LogP contribution >= 0.6 is 0 Å². The number of carbonyl (C=O) groups excluding carboxylic acids is 1. The fourth-order valence-electron chi connectivity index (χ4n) is 1.20. The van der Waals surface area contributed by atoms with Crippen molar-refractivity contribution in [3.63, 3.8) is 0 Å². The van der Waals surface area contributed by atoms with Crippen LogP contribution in [0.2, 0.25) is 0 Å². The van der Waals surface area contributed by atoms with E-state index >= 15 is 0 Å². The van der Waals surface area contributed by atoms with E-state index in [1.54, 1.807) is 0 Å². The molecule has 1 heterocycles. The molecule has 0 saturated carbocycles. The summed E-state index contributed by atoms with van der Waals surface area (Å²) in [7, 11) is -2.54. The maximum absolute atomic E-state index is 10.9. The standard InChI is InChI=1S/C10H9N3O2/c1-15-9-3-2-8(7-14)10(6-9)13-11-4-5-12-13/h2-7H,1H3/i1D3. The molecule has 0 atom stereocenters. The molecule has 76 valence electrons. The average Bonchev–Trinajstić information content (AvgIpc) is 2.80. The molecular weight excluding hydrogens is 194 g/mol. The summed E-state index contributed by atoms with van der Waals surface area (Å²) in [4.78, 5) is 12.1. The molecule has 0 amide bonds. The lowest BCUT2D eigenvalue weighted by Gasteiger charge is -2.05. The van der Waals surface area contributed by atoms with Crippen LogP contribution < -0.4 is 4.74 Å². The Bertz CT molecular complexity index is 552. The molecule has 0 aliphatic rings. The van der Waals surface area contributed by atoms with Gasteiger partial charge in [0.1, 0.15) is 5.75 Å². The highest BCUT2D eigenvalue weighted by Crippen LogP contribution is 2.18. The van der Waals surface area contributed by atoms with Gasteiger partial charge >= 0.3 is 0 Å². The van der Waals surface area contributed by atoms with Crippen LogP contribution in [-0.2, 0) is 0 Å². The number of aldehydes is 1. The van der Waals surface area contributed by atoms with E-state index in [1.165, 1.54) is 35.4 Å². The number of nitrogens with zero attached hydrogens (tertiary/aromatic N) is 3. The van der Waals surface area contributed by atoms with Gasteiger partial charge in [-0.15, -0.1) is 0 Å². The highest BCUT2D eigenvalue weighted by atomic mass is 16.5. The summed E-state index contributed by atoms with van der Waals surface area (Å²) < 4.78 is 25.8. The Kier molecular flexibility index (Phi) is 1.65. The van der Waals surface area contributed by atoms with Crippen molar-refractivity contribution in [2.75, 3.05) is 7.04 Å². The molecule has 0 fully saturated rings. The quantitative estimate of drug-likeness (QED) is 0.705. The maximum atomic E-state index is 10.9. The van der Waals surface area contributed by atoms with Crippen molar-refractivity contribution < 1.29 is 13.6 Å². The Morgan fingerprint density at radius 3 is 2.93 bits per heavy atom. The van der Waals surface area contributed by atoms with Crippen molar-refractivity contribution in [1.82, 2.24) is 15.0 Å². The van der Waals surface area contributed by atoms with Gasteiger partial charge in [-0.25, -0.2) is 0 Å². The molecule has 0 aliphatic carbocycles. The van der Waals surface area contributed by atoms with Crippen LogP contribution in [0.5, 0.6) is 5.75 Å². The Morgan fingerprint density at radius 2 is 2.27 bits per heavy atom. The fraction of sp³-hybridized carbons (Fsp3) is 0.100. The van der Waals surface area contributed by atoms with Crippen molar-refractivity contribution in [1.29, 1.82) is 0 Å². The molecule has 0 aliphatic heterocycles. The summed E-state index contributed by atoms with van der Waals surface area (Å²) in [6.45, 7) is 0. The number of rotatable bonds is 3. The van der Waals surface area contributed by atoms with Crippen molar-refractivity contribution in [2.24, 2.45) is 0 Å². The number of benzene rings is 1. The minimum absolute atomic E-state index is 0.118. The molecule has 0 unspecified atom stereocenters. The third-order valence-electron chi connectivity index (χ3n) is 1.88. The first-order valence-electron chi connectivity index (χ1n) is 5.64. The van der Waals surface area contributed by atoms with Gasteiger partial charge in [0.25, 0.3) is 0 Å². The smallest absolute Gasteiger partial charge is 0.152 e. The Labute approximate surface area is 90.5 Å². The molecule has 5 heteroatoms. The lowest BCUT2D eigenvalue weighted by molar-refractivity contribution is 0.112. The SMILES string of the molecule is [2H]C([2H])([2H])Oc1ccc(C=O)c(-n2nccn2)c1. The van der Waals surface area contributed by atoms with E-state index in [0.717, 1.165) is 0 Å². The zero-order valence-corrected chi connectivity index (χ0v) is 7.62. The van der Waals surface area contributed by atoms with Crippen LogP contribution in [0.4, 0.5) is 0 Å². The molecule has 1 aromatic heterocycles. The first-order chi connectivity index (χ1) is 8.49. The van der Waals surface area contributed by atoms with Crippen molar-refractivity contribution in [2.45, 2.75) is 0 Å². The largest absolute Gasteiger partial charge is 0.497 e. The highest BCUT2D eigenvalue weighted by molar-refractivity contribution is 5.81.